The first-order valence-corrected chi connectivity index (χ1v) is 11.3. The number of hydrogen-bond donors (Lipinski definition) is 1. The van der Waals surface area contributed by atoms with E-state index in [9.17, 15) is 13.6 Å². The Kier molecular flexibility index (Phi) is 5.86. The minimum atomic E-state index is -2.94. The Bertz CT molecular complexity index is 1440. The third kappa shape index (κ3) is 4.95. The Morgan fingerprint density at radius 2 is 1.94 bits per heavy atom. The van der Waals surface area contributed by atoms with Crippen molar-refractivity contribution in [3.05, 3.63) is 59.0 Å². The molecule has 0 spiro atoms. The molecule has 1 saturated carbocycles. The van der Waals surface area contributed by atoms with Gasteiger partial charge in [-0.15, -0.1) is 21.5 Å². The summed E-state index contributed by atoms with van der Waals surface area (Å²) in [6.45, 7) is -2.94. The molecule has 12 heteroatoms. The molecule has 1 aliphatic rings. The molecule has 0 bridgehead atoms. The molecular weight excluding hydrogens is 483 g/mol. The molecular formula is C23H16F3N5O3S. The molecule has 0 atom stereocenters. The van der Waals surface area contributed by atoms with Crippen LogP contribution in [0, 0.1) is 17.1 Å². The summed E-state index contributed by atoms with van der Waals surface area (Å²) in [7, 11) is 0. The summed E-state index contributed by atoms with van der Waals surface area (Å²) in [4.78, 5) is 16.5. The summed E-state index contributed by atoms with van der Waals surface area (Å²) >= 11 is 1.13. The maximum absolute atomic E-state index is 15.2. The van der Waals surface area contributed by atoms with Crippen LogP contribution in [0.25, 0.3) is 21.3 Å². The quantitative estimate of drug-likeness (QED) is 0.382. The number of ether oxygens (including phenoxy) is 1. The van der Waals surface area contributed by atoms with Gasteiger partial charge in [-0.05, 0) is 42.7 Å². The minimum Gasteiger partial charge on any atom is -0.435 e. The number of hydrogen-bond acceptors (Lipinski definition) is 8. The van der Waals surface area contributed by atoms with Crippen molar-refractivity contribution in [3.8, 4) is 22.9 Å². The number of carbonyl (C=O) groups is 1. The van der Waals surface area contributed by atoms with Crippen molar-refractivity contribution < 1.29 is 27.1 Å². The first-order valence-electron chi connectivity index (χ1n) is 10.5. The molecule has 4 aromatic rings. The van der Waals surface area contributed by atoms with Crippen LogP contribution >= 0.6 is 11.3 Å². The van der Waals surface area contributed by atoms with E-state index < -0.39 is 18.0 Å². The predicted octanol–water partition coefficient (Wildman–Crippen LogP) is 4.39. The molecule has 2 heterocycles. The standard InChI is InChI=1S/C23H16F3N5O3S/c24-20-14(12-1-3-13(4-2-12)33-22(25)26)5-6-15-21(20)35-19(28-15)10-18-31-30-17(34-18)9-16(32)29-23(11-27)7-8-23/h1-6,22H,7-10H2,(H,29,32). The fourth-order valence-corrected chi connectivity index (χ4v) is 4.51. The number of aromatic nitrogens is 3. The number of benzene rings is 2. The van der Waals surface area contributed by atoms with E-state index in [-0.39, 0.29) is 36.3 Å². The fourth-order valence-electron chi connectivity index (χ4n) is 3.52. The number of alkyl halides is 2. The number of carbonyl (C=O) groups excluding carboxylic acids is 1. The van der Waals surface area contributed by atoms with Crippen molar-refractivity contribution in [2.24, 2.45) is 0 Å². The number of rotatable bonds is 8. The highest BCUT2D eigenvalue weighted by atomic mass is 32.1. The van der Waals surface area contributed by atoms with Crippen molar-refractivity contribution in [2.75, 3.05) is 0 Å². The normalized spacial score (nSPS) is 14.1. The molecule has 0 saturated heterocycles. The van der Waals surface area contributed by atoms with E-state index in [1.807, 2.05) is 0 Å². The van der Waals surface area contributed by atoms with Gasteiger partial charge in [-0.1, -0.05) is 12.1 Å². The lowest BCUT2D eigenvalue weighted by molar-refractivity contribution is -0.121. The number of nitrogens with zero attached hydrogens (tertiary/aromatic N) is 4. The van der Waals surface area contributed by atoms with Crippen LogP contribution in [0.1, 0.15) is 29.6 Å². The van der Waals surface area contributed by atoms with Crippen LogP contribution in [0.5, 0.6) is 5.75 Å². The number of fused-ring (bicyclic) bond motifs is 1. The van der Waals surface area contributed by atoms with Gasteiger partial charge in [-0.2, -0.15) is 14.0 Å². The van der Waals surface area contributed by atoms with Crippen LogP contribution < -0.4 is 10.1 Å². The van der Waals surface area contributed by atoms with Gasteiger partial charge in [0.15, 0.2) is 0 Å². The predicted molar refractivity (Wildman–Crippen MR) is 118 cm³/mol. The summed E-state index contributed by atoms with van der Waals surface area (Å²) in [5.74, 6) is -0.534. The van der Waals surface area contributed by atoms with Crippen LogP contribution in [-0.4, -0.2) is 33.2 Å². The number of amides is 1. The van der Waals surface area contributed by atoms with E-state index >= 15 is 4.39 Å². The van der Waals surface area contributed by atoms with E-state index in [0.717, 1.165) is 11.3 Å². The highest BCUT2D eigenvalue weighted by Gasteiger charge is 2.44. The summed E-state index contributed by atoms with van der Waals surface area (Å²) in [5.41, 5.74) is 0.485. The number of thiazole rings is 1. The van der Waals surface area contributed by atoms with Gasteiger partial charge in [0.2, 0.25) is 17.7 Å². The molecule has 35 heavy (non-hydrogen) atoms. The van der Waals surface area contributed by atoms with E-state index in [0.29, 0.717) is 39.2 Å². The van der Waals surface area contributed by atoms with Crippen LogP contribution in [0.2, 0.25) is 0 Å². The largest absolute Gasteiger partial charge is 0.435 e. The summed E-state index contributed by atoms with van der Waals surface area (Å²) < 4.78 is 50.1. The van der Waals surface area contributed by atoms with Gasteiger partial charge in [-0.25, -0.2) is 9.37 Å². The van der Waals surface area contributed by atoms with Crippen molar-refractivity contribution in [2.45, 2.75) is 37.8 Å². The van der Waals surface area contributed by atoms with Crippen LogP contribution in [-0.2, 0) is 17.6 Å². The van der Waals surface area contributed by atoms with Crippen molar-refractivity contribution in [1.29, 1.82) is 5.26 Å². The van der Waals surface area contributed by atoms with Gasteiger partial charge in [0.1, 0.15) is 28.5 Å². The topological polar surface area (TPSA) is 114 Å². The van der Waals surface area contributed by atoms with Gasteiger partial charge < -0.3 is 14.5 Å². The Labute approximate surface area is 200 Å². The van der Waals surface area contributed by atoms with Crippen molar-refractivity contribution in [1.82, 2.24) is 20.5 Å². The van der Waals surface area contributed by atoms with E-state index in [1.165, 1.54) is 24.3 Å². The molecule has 0 unspecified atom stereocenters. The SMILES string of the molecule is N#CC1(NC(=O)Cc2nnc(Cc3nc4ccc(-c5ccc(OC(F)F)cc5)c(F)c4s3)o2)CC1. The zero-order chi connectivity index (χ0) is 24.6. The average molecular weight is 499 g/mol. The van der Waals surface area contributed by atoms with Crippen molar-refractivity contribution >= 4 is 27.5 Å². The monoisotopic (exact) mass is 499 g/mol. The number of nitrogens with one attached hydrogen (secondary N) is 1. The van der Waals surface area contributed by atoms with Crippen LogP contribution in [0.4, 0.5) is 13.2 Å². The Hall–Kier alpha value is -3.98. The first-order chi connectivity index (χ1) is 16.8. The second-order valence-electron chi connectivity index (χ2n) is 7.97. The average Bonchev–Trinajstić information content (AvgIpc) is 3.25. The second-order valence-corrected chi connectivity index (χ2v) is 9.05. The molecule has 0 radical (unpaired) electrons. The van der Waals surface area contributed by atoms with Gasteiger partial charge in [0.05, 0.1) is 22.7 Å². The maximum Gasteiger partial charge on any atom is 0.387 e. The molecule has 5 rings (SSSR count). The lowest BCUT2D eigenvalue weighted by atomic mass is 10.0. The maximum atomic E-state index is 15.2. The zero-order valence-electron chi connectivity index (χ0n) is 17.9. The molecule has 2 aromatic heterocycles. The van der Waals surface area contributed by atoms with Gasteiger partial charge >= 0.3 is 6.61 Å². The molecule has 2 aromatic carbocycles. The van der Waals surface area contributed by atoms with E-state index in [2.05, 4.69) is 31.3 Å². The smallest absolute Gasteiger partial charge is 0.387 e. The number of halogens is 3. The molecule has 1 fully saturated rings. The summed E-state index contributed by atoms with van der Waals surface area (Å²) in [5, 5.41) is 20.1. The summed E-state index contributed by atoms with van der Waals surface area (Å²) in [6, 6.07) is 11.0. The third-order valence-corrected chi connectivity index (χ3v) is 6.46. The second kappa shape index (κ2) is 8.99. The molecule has 1 amide bonds. The van der Waals surface area contributed by atoms with Crippen LogP contribution in [0.3, 0.4) is 0 Å². The lowest BCUT2D eigenvalue weighted by Gasteiger charge is -2.07. The van der Waals surface area contributed by atoms with Gasteiger partial charge in [0, 0.05) is 5.56 Å². The molecule has 8 nitrogen and oxygen atoms in total. The van der Waals surface area contributed by atoms with E-state index in [1.54, 1.807) is 12.1 Å². The fraction of sp³-hybridized carbons (Fsp3) is 0.261. The highest BCUT2D eigenvalue weighted by Crippen LogP contribution is 2.35. The molecule has 1 aliphatic carbocycles. The van der Waals surface area contributed by atoms with Crippen LogP contribution in [0.15, 0.2) is 40.8 Å². The Morgan fingerprint density at radius 3 is 2.63 bits per heavy atom. The van der Waals surface area contributed by atoms with E-state index in [4.69, 9.17) is 9.68 Å². The first kappa shape index (κ1) is 22.8. The Balaban J connectivity index is 1.29. The highest BCUT2D eigenvalue weighted by molar-refractivity contribution is 7.18. The Morgan fingerprint density at radius 1 is 1.20 bits per heavy atom. The third-order valence-electron chi connectivity index (χ3n) is 5.40. The molecule has 178 valence electrons. The van der Waals surface area contributed by atoms with Gasteiger partial charge in [0.25, 0.3) is 0 Å². The lowest BCUT2D eigenvalue weighted by Crippen LogP contribution is -2.36. The number of nitriles is 1. The molecule has 1 N–H and O–H groups in total. The minimum absolute atomic E-state index is 0.0150. The van der Waals surface area contributed by atoms with Crippen molar-refractivity contribution in [3.63, 3.8) is 0 Å². The summed E-state index contributed by atoms with van der Waals surface area (Å²) in [6.07, 6.45) is 1.26. The molecule has 0 aliphatic heterocycles. The zero-order valence-corrected chi connectivity index (χ0v) is 18.7. The van der Waals surface area contributed by atoms with Gasteiger partial charge in [-0.3, -0.25) is 4.79 Å².